The Morgan fingerprint density at radius 1 is 0.960 bits per heavy atom. The Morgan fingerprint density at radius 2 is 1.68 bits per heavy atom. The monoisotopic (exact) mass is 339 g/mol. The van der Waals surface area contributed by atoms with Crippen LogP contribution in [0.4, 0.5) is 8.78 Å². The Kier molecular flexibility index (Phi) is 3.17. The highest BCUT2D eigenvalue weighted by atomic mass is 19.1. The molecule has 0 spiro atoms. The van der Waals surface area contributed by atoms with Gasteiger partial charge in [0.2, 0.25) is 0 Å². The van der Waals surface area contributed by atoms with Crippen molar-refractivity contribution in [1.29, 1.82) is 0 Å². The number of hydrogen-bond acceptors (Lipinski definition) is 2. The Labute approximate surface area is 145 Å². The predicted octanol–water partition coefficient (Wildman–Crippen LogP) is 4.52. The molecule has 4 rings (SSSR count). The first-order chi connectivity index (χ1) is 11.7. The predicted molar refractivity (Wildman–Crippen MR) is 94.3 cm³/mol. The molecule has 3 heterocycles. The zero-order valence-electron chi connectivity index (χ0n) is 14.6. The van der Waals surface area contributed by atoms with Crippen molar-refractivity contribution in [3.05, 3.63) is 71.2 Å². The third-order valence-corrected chi connectivity index (χ3v) is 5.55. The lowest BCUT2D eigenvalue weighted by molar-refractivity contribution is 0.293. The fraction of sp³-hybridized carbons (Fsp3) is 0.300. The minimum Gasteiger partial charge on any atom is -0.296 e. The van der Waals surface area contributed by atoms with E-state index in [2.05, 4.69) is 4.98 Å². The van der Waals surface area contributed by atoms with Gasteiger partial charge in [-0.2, -0.15) is 0 Å². The number of fused-ring (bicyclic) bond motifs is 2. The van der Waals surface area contributed by atoms with Crippen LogP contribution in [0, 0.1) is 11.6 Å². The maximum Gasteiger partial charge on any atom is 0.173 e. The molecule has 0 bridgehead atoms. The van der Waals surface area contributed by atoms with Gasteiger partial charge in [0.1, 0.15) is 5.82 Å². The maximum absolute atomic E-state index is 14.8. The molecule has 128 valence electrons. The minimum absolute atomic E-state index is 0.237. The van der Waals surface area contributed by atoms with Gasteiger partial charge in [0.05, 0.1) is 23.1 Å². The second-order valence-corrected chi connectivity index (χ2v) is 7.50. The number of benzene rings is 1. The number of imidazole rings is 1. The molecule has 1 aliphatic rings. The molecule has 0 radical (unpaired) electrons. The molecule has 0 unspecified atom stereocenters. The third kappa shape index (κ3) is 2.08. The summed E-state index contributed by atoms with van der Waals surface area (Å²) in [5, 5.41) is 0. The molecule has 3 nitrogen and oxygen atoms in total. The van der Waals surface area contributed by atoms with Gasteiger partial charge in [-0.05, 0) is 32.0 Å². The van der Waals surface area contributed by atoms with Gasteiger partial charge in [-0.3, -0.25) is 9.39 Å². The summed E-state index contributed by atoms with van der Waals surface area (Å²) in [6, 6.07) is 8.02. The number of aliphatic imine (C=N–C) groups is 1. The van der Waals surface area contributed by atoms with Crippen LogP contribution in [0.2, 0.25) is 0 Å². The molecule has 1 aromatic carbocycles. The fourth-order valence-corrected chi connectivity index (χ4v) is 3.49. The van der Waals surface area contributed by atoms with Gasteiger partial charge in [0.25, 0.3) is 0 Å². The highest BCUT2D eigenvalue weighted by Crippen LogP contribution is 2.45. The third-order valence-electron chi connectivity index (χ3n) is 5.55. The van der Waals surface area contributed by atoms with E-state index in [1.54, 1.807) is 28.9 Å². The molecule has 0 atom stereocenters. The van der Waals surface area contributed by atoms with Gasteiger partial charge in [-0.25, -0.2) is 13.8 Å². The average molecular weight is 339 g/mol. The van der Waals surface area contributed by atoms with Gasteiger partial charge in [-0.15, -0.1) is 0 Å². The van der Waals surface area contributed by atoms with Crippen LogP contribution >= 0.6 is 0 Å². The minimum atomic E-state index is -0.533. The van der Waals surface area contributed by atoms with E-state index in [1.165, 1.54) is 12.1 Å². The molecule has 25 heavy (non-hydrogen) atoms. The lowest BCUT2D eigenvalue weighted by atomic mass is 9.66. The van der Waals surface area contributed by atoms with Crippen LogP contribution in [-0.2, 0) is 5.41 Å². The normalized spacial score (nSPS) is 18.1. The van der Waals surface area contributed by atoms with E-state index in [0.717, 1.165) is 5.56 Å². The van der Waals surface area contributed by atoms with Crippen molar-refractivity contribution in [3.8, 4) is 0 Å². The second kappa shape index (κ2) is 4.97. The maximum atomic E-state index is 14.8. The Hall–Kier alpha value is -2.56. The van der Waals surface area contributed by atoms with Crippen molar-refractivity contribution < 1.29 is 8.78 Å². The highest BCUT2D eigenvalue weighted by molar-refractivity contribution is 6.14. The van der Waals surface area contributed by atoms with E-state index < -0.39 is 16.8 Å². The molecule has 0 saturated heterocycles. The lowest BCUT2D eigenvalue weighted by Gasteiger charge is -2.44. The van der Waals surface area contributed by atoms with E-state index >= 15 is 0 Å². The highest BCUT2D eigenvalue weighted by Gasteiger charge is 2.45. The molecule has 0 aliphatic carbocycles. The molecule has 0 N–H and O–H groups in total. The number of halogens is 2. The van der Waals surface area contributed by atoms with E-state index in [1.807, 2.05) is 33.8 Å². The number of rotatable bonds is 1. The van der Waals surface area contributed by atoms with Gasteiger partial charge >= 0.3 is 0 Å². The molecular formula is C20H19F2N3. The number of nitrogens with zero attached hydrogens (tertiary/aromatic N) is 3. The van der Waals surface area contributed by atoms with Crippen molar-refractivity contribution in [2.45, 2.75) is 38.6 Å². The molecule has 1 aliphatic heterocycles. The lowest BCUT2D eigenvalue weighted by Crippen LogP contribution is -2.47. The summed E-state index contributed by atoms with van der Waals surface area (Å²) >= 11 is 0. The summed E-state index contributed by atoms with van der Waals surface area (Å²) in [5.74, 6) is -0.646. The van der Waals surface area contributed by atoms with Crippen LogP contribution in [0.1, 0.15) is 44.5 Å². The summed E-state index contributed by atoms with van der Waals surface area (Å²) < 4.78 is 30.4. The van der Waals surface area contributed by atoms with Crippen molar-refractivity contribution in [2.24, 2.45) is 4.99 Å². The van der Waals surface area contributed by atoms with Gasteiger partial charge in [-0.1, -0.05) is 26.0 Å². The van der Waals surface area contributed by atoms with Gasteiger partial charge in [0, 0.05) is 22.7 Å². The molecule has 0 amide bonds. The van der Waals surface area contributed by atoms with Crippen LogP contribution in [0.15, 0.2) is 47.7 Å². The van der Waals surface area contributed by atoms with Crippen LogP contribution in [0.3, 0.4) is 0 Å². The summed E-state index contributed by atoms with van der Waals surface area (Å²) in [4.78, 5) is 9.12. The Bertz CT molecular complexity index is 1030. The van der Waals surface area contributed by atoms with Crippen molar-refractivity contribution in [2.75, 3.05) is 0 Å². The molecule has 5 heteroatoms. The van der Waals surface area contributed by atoms with Crippen LogP contribution in [-0.4, -0.2) is 20.6 Å². The first-order valence-corrected chi connectivity index (χ1v) is 8.25. The van der Waals surface area contributed by atoms with E-state index in [0.29, 0.717) is 17.0 Å². The average Bonchev–Trinajstić information content (AvgIpc) is 2.96. The van der Waals surface area contributed by atoms with Crippen LogP contribution in [0.5, 0.6) is 0 Å². The topological polar surface area (TPSA) is 29.7 Å². The van der Waals surface area contributed by atoms with E-state index in [9.17, 15) is 8.78 Å². The molecule has 2 aromatic heterocycles. The smallest absolute Gasteiger partial charge is 0.173 e. The molecule has 3 aromatic rings. The zero-order valence-corrected chi connectivity index (χ0v) is 14.6. The molecule has 0 saturated carbocycles. The Morgan fingerprint density at radius 3 is 2.44 bits per heavy atom. The van der Waals surface area contributed by atoms with Crippen molar-refractivity contribution in [1.82, 2.24) is 9.38 Å². The zero-order chi connectivity index (χ0) is 18.0. The van der Waals surface area contributed by atoms with Crippen molar-refractivity contribution >= 4 is 11.4 Å². The van der Waals surface area contributed by atoms with Crippen LogP contribution in [0.25, 0.3) is 5.65 Å². The summed E-state index contributed by atoms with van der Waals surface area (Å²) in [5.41, 5.74) is 1.88. The standard InChI is InChI=1S/C20H19F2N3/c1-19(2)16-12(7-5-8-13(16)21)17(24-20(19,3)4)15-11-23-18-14(22)9-6-10-25(15)18/h5-11H,1-4H3. The van der Waals surface area contributed by atoms with Crippen LogP contribution < -0.4 is 0 Å². The van der Waals surface area contributed by atoms with Gasteiger partial charge in [0.15, 0.2) is 11.5 Å². The SMILES string of the molecule is CC1(C)N=C(c2cnc3c(F)cccn23)c2cccc(F)c2C1(C)C. The summed E-state index contributed by atoms with van der Waals surface area (Å²) in [7, 11) is 0. The first kappa shape index (κ1) is 15.9. The first-order valence-electron chi connectivity index (χ1n) is 8.25. The number of aromatic nitrogens is 2. The molecular weight excluding hydrogens is 320 g/mol. The van der Waals surface area contributed by atoms with Gasteiger partial charge < -0.3 is 0 Å². The van der Waals surface area contributed by atoms with Crippen molar-refractivity contribution in [3.63, 3.8) is 0 Å². The quantitative estimate of drug-likeness (QED) is 0.641. The Balaban J connectivity index is 2.07. The molecule has 0 fully saturated rings. The largest absolute Gasteiger partial charge is 0.296 e. The summed E-state index contributed by atoms with van der Waals surface area (Å²) in [6.45, 7) is 7.99. The number of pyridine rings is 1. The number of hydrogen-bond donors (Lipinski definition) is 0. The van der Waals surface area contributed by atoms with E-state index in [4.69, 9.17) is 4.99 Å². The van der Waals surface area contributed by atoms with E-state index in [-0.39, 0.29) is 11.5 Å². The second-order valence-electron chi connectivity index (χ2n) is 7.50. The summed E-state index contributed by atoms with van der Waals surface area (Å²) in [6.07, 6.45) is 3.34. The fourth-order valence-electron chi connectivity index (χ4n) is 3.49.